The summed E-state index contributed by atoms with van der Waals surface area (Å²) in [5.74, 6) is 0.620. The monoisotopic (exact) mass is 761 g/mol. The zero-order valence-electron chi connectivity index (χ0n) is 31.0. The Hall–Kier alpha value is -7.28. The number of fused-ring (bicyclic) bond motifs is 15. The number of benzene rings is 7. The SMILES string of the molecule is O=S1(=O)c2ccccc2-c2cc3c(cc21)C1(c2ccccc2-c2ccccc2-c2ccc(-c4cc(-c5cccnc5)nc(-c5ccccc5)n4)cc21)c1ccccc1-3. The third kappa shape index (κ3) is 4.46. The van der Waals surface area contributed by atoms with Crippen molar-refractivity contribution < 1.29 is 8.42 Å². The number of hydrogen-bond donors (Lipinski definition) is 0. The van der Waals surface area contributed by atoms with Gasteiger partial charge in [-0.05, 0) is 98.1 Å². The molecule has 0 bridgehead atoms. The van der Waals surface area contributed by atoms with E-state index in [1.54, 1.807) is 18.3 Å². The first kappa shape index (κ1) is 32.9. The molecular weight excluding hydrogens is 731 g/mol. The Labute approximate surface area is 336 Å². The quantitative estimate of drug-likeness (QED) is 0.179. The normalized spacial score (nSPS) is 15.9. The van der Waals surface area contributed by atoms with Crippen LogP contribution in [-0.2, 0) is 15.3 Å². The first-order chi connectivity index (χ1) is 28.5. The van der Waals surface area contributed by atoms with E-state index in [9.17, 15) is 8.42 Å². The van der Waals surface area contributed by atoms with E-state index in [1.165, 1.54) is 0 Å². The van der Waals surface area contributed by atoms with Gasteiger partial charge in [0.15, 0.2) is 5.82 Å². The Bertz CT molecular complexity index is 3250. The highest BCUT2D eigenvalue weighted by Crippen LogP contribution is 2.63. The Kier molecular flexibility index (Phi) is 6.87. The zero-order chi connectivity index (χ0) is 38.6. The Morgan fingerprint density at radius 3 is 1.66 bits per heavy atom. The first-order valence-corrected chi connectivity index (χ1v) is 20.8. The van der Waals surface area contributed by atoms with Gasteiger partial charge in [0.25, 0.3) is 0 Å². The molecule has 1 aliphatic heterocycles. The van der Waals surface area contributed by atoms with Crippen LogP contribution >= 0.6 is 0 Å². The summed E-state index contributed by atoms with van der Waals surface area (Å²) in [6.07, 6.45) is 3.60. The van der Waals surface area contributed by atoms with Crippen LogP contribution in [0.5, 0.6) is 0 Å². The van der Waals surface area contributed by atoms with E-state index in [-0.39, 0.29) is 0 Å². The van der Waals surface area contributed by atoms with Crippen molar-refractivity contribution in [1.29, 1.82) is 0 Å². The average Bonchev–Trinajstić information content (AvgIpc) is 3.66. The van der Waals surface area contributed by atoms with E-state index >= 15 is 0 Å². The van der Waals surface area contributed by atoms with Crippen molar-refractivity contribution in [3.05, 3.63) is 211 Å². The van der Waals surface area contributed by atoms with Crippen molar-refractivity contribution in [3.8, 4) is 78.4 Å². The van der Waals surface area contributed by atoms with Gasteiger partial charge in [0.2, 0.25) is 9.84 Å². The molecule has 0 saturated carbocycles. The van der Waals surface area contributed by atoms with Crippen LogP contribution in [0.4, 0.5) is 0 Å². The van der Waals surface area contributed by atoms with Crippen LogP contribution in [0, 0.1) is 0 Å². The van der Waals surface area contributed by atoms with Gasteiger partial charge in [-0.2, -0.15) is 0 Å². The van der Waals surface area contributed by atoms with Crippen LogP contribution in [0.3, 0.4) is 0 Å². The minimum atomic E-state index is -3.78. The van der Waals surface area contributed by atoms with Crippen LogP contribution in [0.15, 0.2) is 198 Å². The van der Waals surface area contributed by atoms with Crippen molar-refractivity contribution in [1.82, 2.24) is 15.0 Å². The molecule has 2 aliphatic carbocycles. The summed E-state index contributed by atoms with van der Waals surface area (Å²) in [7, 11) is -3.78. The standard InChI is InChI=1S/C52H31N3O2S/c56-58(57)49-23-11-8-20-40(49)42-28-41-38-19-7-10-22-44(38)52(46(41)29-50(42)58)43-21-9-6-18-37(43)35-16-4-5-17-36(35)39-25-24-33(27-45(39)52)47-30-48(34-15-12-26-53-31-34)55-51(54-47)32-13-2-1-3-14-32/h1-31H. The minimum Gasteiger partial charge on any atom is -0.264 e. The highest BCUT2D eigenvalue weighted by Gasteiger charge is 2.51. The lowest BCUT2D eigenvalue weighted by atomic mass is 9.65. The van der Waals surface area contributed by atoms with E-state index < -0.39 is 15.3 Å². The molecule has 12 rings (SSSR count). The molecule has 0 N–H and O–H groups in total. The lowest BCUT2D eigenvalue weighted by molar-refractivity contribution is 0.598. The third-order valence-corrected chi connectivity index (χ3v) is 14.0. The van der Waals surface area contributed by atoms with Crippen LogP contribution in [0.1, 0.15) is 22.3 Å². The van der Waals surface area contributed by atoms with E-state index in [4.69, 9.17) is 9.97 Å². The number of nitrogens with zero attached hydrogens (tertiary/aromatic N) is 3. The number of rotatable bonds is 3. The van der Waals surface area contributed by atoms with Gasteiger partial charge in [0.1, 0.15) is 0 Å². The largest absolute Gasteiger partial charge is 0.264 e. The van der Waals surface area contributed by atoms with Crippen LogP contribution in [0.25, 0.3) is 78.4 Å². The molecular formula is C52H31N3O2S. The second kappa shape index (κ2) is 12.1. The molecule has 0 saturated heterocycles. The molecule has 0 amide bonds. The molecule has 1 atom stereocenters. The summed E-state index contributed by atoms with van der Waals surface area (Å²) in [6, 6.07) is 60.1. The molecule has 0 fully saturated rings. The average molecular weight is 762 g/mol. The summed E-state index contributed by atoms with van der Waals surface area (Å²) in [4.78, 5) is 15.4. The van der Waals surface area contributed by atoms with E-state index in [0.717, 1.165) is 94.8 Å². The molecule has 5 nitrogen and oxygen atoms in total. The predicted molar refractivity (Wildman–Crippen MR) is 229 cm³/mol. The molecule has 9 aromatic rings. The Balaban J connectivity index is 1.21. The van der Waals surface area contributed by atoms with Gasteiger partial charge < -0.3 is 0 Å². The summed E-state index contributed by atoms with van der Waals surface area (Å²) >= 11 is 0. The molecule has 3 aliphatic rings. The molecule has 272 valence electrons. The number of aromatic nitrogens is 3. The lowest BCUT2D eigenvalue weighted by Gasteiger charge is -2.35. The van der Waals surface area contributed by atoms with Crippen LogP contribution in [-0.4, -0.2) is 23.4 Å². The molecule has 0 radical (unpaired) electrons. The van der Waals surface area contributed by atoms with Gasteiger partial charge in [0.05, 0.1) is 26.6 Å². The Morgan fingerprint density at radius 1 is 0.379 bits per heavy atom. The maximum Gasteiger partial charge on any atom is 0.207 e. The van der Waals surface area contributed by atoms with E-state index in [2.05, 4.69) is 102 Å². The molecule has 7 aromatic carbocycles. The molecule has 2 aromatic heterocycles. The first-order valence-electron chi connectivity index (χ1n) is 19.3. The molecule has 1 spiro atoms. The maximum atomic E-state index is 14.5. The van der Waals surface area contributed by atoms with Gasteiger partial charge >= 0.3 is 0 Å². The lowest BCUT2D eigenvalue weighted by Crippen LogP contribution is -2.29. The van der Waals surface area contributed by atoms with Gasteiger partial charge in [-0.1, -0.05) is 133 Å². The fourth-order valence-corrected chi connectivity index (χ4v) is 11.4. The third-order valence-electron chi connectivity index (χ3n) is 12.2. The fraction of sp³-hybridized carbons (Fsp3) is 0.0192. The molecule has 3 heterocycles. The van der Waals surface area contributed by atoms with Crippen molar-refractivity contribution in [2.24, 2.45) is 0 Å². The van der Waals surface area contributed by atoms with Crippen LogP contribution in [0.2, 0.25) is 0 Å². The van der Waals surface area contributed by atoms with Gasteiger partial charge in [-0.3, -0.25) is 4.98 Å². The highest BCUT2D eigenvalue weighted by atomic mass is 32.2. The maximum absolute atomic E-state index is 14.5. The van der Waals surface area contributed by atoms with Crippen LogP contribution < -0.4 is 0 Å². The van der Waals surface area contributed by atoms with E-state index in [0.29, 0.717) is 15.6 Å². The number of sulfone groups is 1. The van der Waals surface area contributed by atoms with E-state index in [1.807, 2.05) is 72.9 Å². The van der Waals surface area contributed by atoms with Crippen molar-refractivity contribution in [2.75, 3.05) is 0 Å². The Morgan fingerprint density at radius 2 is 0.948 bits per heavy atom. The molecule has 1 unspecified atom stereocenters. The van der Waals surface area contributed by atoms with Crippen molar-refractivity contribution in [2.45, 2.75) is 15.2 Å². The van der Waals surface area contributed by atoms with Crippen molar-refractivity contribution >= 4 is 9.84 Å². The summed E-state index contributed by atoms with van der Waals surface area (Å²) in [5.41, 5.74) is 15.7. The smallest absolute Gasteiger partial charge is 0.207 e. The number of pyridine rings is 1. The molecule has 6 heteroatoms. The van der Waals surface area contributed by atoms with Gasteiger partial charge in [-0.25, -0.2) is 18.4 Å². The van der Waals surface area contributed by atoms with Gasteiger partial charge in [-0.15, -0.1) is 0 Å². The zero-order valence-corrected chi connectivity index (χ0v) is 31.8. The van der Waals surface area contributed by atoms with Crippen molar-refractivity contribution in [3.63, 3.8) is 0 Å². The summed E-state index contributed by atoms with van der Waals surface area (Å²) < 4.78 is 29.0. The summed E-state index contributed by atoms with van der Waals surface area (Å²) in [5, 5.41) is 0. The number of hydrogen-bond acceptors (Lipinski definition) is 5. The van der Waals surface area contributed by atoms with Gasteiger partial charge in [0, 0.05) is 40.2 Å². The second-order valence-electron chi connectivity index (χ2n) is 15.1. The topological polar surface area (TPSA) is 72.8 Å². The predicted octanol–water partition coefficient (Wildman–Crippen LogP) is 11.7. The summed E-state index contributed by atoms with van der Waals surface area (Å²) in [6.45, 7) is 0. The fourth-order valence-electron chi connectivity index (χ4n) is 9.72. The second-order valence-corrected chi connectivity index (χ2v) is 17.0. The minimum absolute atomic E-state index is 0.348. The molecule has 58 heavy (non-hydrogen) atoms. The highest BCUT2D eigenvalue weighted by molar-refractivity contribution is 7.92.